The molecule has 0 spiro atoms. The lowest BCUT2D eigenvalue weighted by molar-refractivity contribution is 0.122. The Hall–Kier alpha value is -1.81. The number of aliphatic imine (C=N–C) groups is 1. The summed E-state index contributed by atoms with van der Waals surface area (Å²) in [4.78, 5) is 7.14. The third kappa shape index (κ3) is 6.88. The molecule has 1 aromatic heterocycles. The van der Waals surface area contributed by atoms with Gasteiger partial charge in [-0.2, -0.15) is 0 Å². The van der Waals surface area contributed by atoms with Crippen molar-refractivity contribution in [1.29, 1.82) is 0 Å². The lowest BCUT2D eigenvalue weighted by atomic mass is 10.1. The number of guanidine groups is 1. The van der Waals surface area contributed by atoms with Gasteiger partial charge in [-0.3, -0.25) is 0 Å². The molecule has 3 rings (SSSR count). The molecule has 1 aromatic carbocycles. The van der Waals surface area contributed by atoms with Crippen LogP contribution < -0.4 is 15.5 Å². The van der Waals surface area contributed by atoms with Gasteiger partial charge in [-0.05, 0) is 24.5 Å². The Balaban J connectivity index is 0.00000300. The highest BCUT2D eigenvalue weighted by Crippen LogP contribution is 2.22. The van der Waals surface area contributed by atoms with Gasteiger partial charge in [0, 0.05) is 31.4 Å². The van der Waals surface area contributed by atoms with Crippen LogP contribution >= 0.6 is 24.0 Å². The van der Waals surface area contributed by atoms with Crippen LogP contribution in [0.3, 0.4) is 0 Å². The number of para-hydroxylation sites is 1. The molecule has 29 heavy (non-hydrogen) atoms. The van der Waals surface area contributed by atoms with Gasteiger partial charge in [-0.15, -0.1) is 24.0 Å². The van der Waals surface area contributed by atoms with E-state index in [1.54, 1.807) is 0 Å². The number of anilines is 1. The molecule has 0 radical (unpaired) electrons. The van der Waals surface area contributed by atoms with E-state index < -0.39 is 0 Å². The topological polar surface area (TPSA) is 74.9 Å². The summed E-state index contributed by atoms with van der Waals surface area (Å²) in [5.41, 5.74) is 3.42. The highest BCUT2D eigenvalue weighted by molar-refractivity contribution is 14.0. The smallest absolute Gasteiger partial charge is 0.191 e. The Morgan fingerprint density at radius 2 is 1.97 bits per heavy atom. The van der Waals surface area contributed by atoms with Crippen molar-refractivity contribution in [3.8, 4) is 0 Å². The normalized spacial score (nSPS) is 14.6. The minimum atomic E-state index is 0. The summed E-state index contributed by atoms with van der Waals surface area (Å²) in [5, 5.41) is 10.7. The van der Waals surface area contributed by atoms with E-state index in [0.29, 0.717) is 19.0 Å². The van der Waals surface area contributed by atoms with E-state index in [9.17, 15) is 0 Å². The third-order valence-electron chi connectivity index (χ3n) is 4.69. The minimum Gasteiger partial charge on any atom is -0.378 e. The zero-order chi connectivity index (χ0) is 19.8. The fraction of sp³-hybridized carbons (Fsp3) is 0.524. The summed E-state index contributed by atoms with van der Waals surface area (Å²) >= 11 is 0. The molecule has 1 aliphatic heterocycles. The number of hydrogen-bond donors (Lipinski definition) is 2. The number of rotatable bonds is 7. The molecule has 0 saturated carbocycles. The van der Waals surface area contributed by atoms with E-state index in [2.05, 4.69) is 65.7 Å². The van der Waals surface area contributed by atoms with Crippen LogP contribution in [0.1, 0.15) is 43.7 Å². The SMILES string of the molecule is CCNC(=NCc1ccccc1N1CCOCC1)NCc1cc(C(C)C)no1.I. The van der Waals surface area contributed by atoms with Gasteiger partial charge in [0.2, 0.25) is 0 Å². The predicted octanol–water partition coefficient (Wildman–Crippen LogP) is 3.51. The zero-order valence-corrected chi connectivity index (χ0v) is 19.8. The monoisotopic (exact) mass is 513 g/mol. The second-order valence-corrected chi connectivity index (χ2v) is 7.15. The van der Waals surface area contributed by atoms with Crippen molar-refractivity contribution in [3.05, 3.63) is 47.3 Å². The van der Waals surface area contributed by atoms with Crippen LogP contribution in [0.15, 0.2) is 39.8 Å². The van der Waals surface area contributed by atoms with Crippen LogP contribution in [0, 0.1) is 0 Å². The first-order valence-electron chi connectivity index (χ1n) is 10.1. The Kier molecular flexibility index (Phi) is 9.72. The molecule has 2 aromatic rings. The molecule has 0 bridgehead atoms. The Morgan fingerprint density at radius 3 is 2.66 bits per heavy atom. The fourth-order valence-corrected chi connectivity index (χ4v) is 3.12. The first kappa shape index (κ1) is 23.5. The van der Waals surface area contributed by atoms with Crippen molar-refractivity contribution < 1.29 is 9.26 Å². The number of halogens is 1. The quantitative estimate of drug-likeness (QED) is 0.336. The van der Waals surface area contributed by atoms with E-state index >= 15 is 0 Å². The average Bonchev–Trinajstić information content (AvgIpc) is 3.20. The second kappa shape index (κ2) is 12.0. The number of ether oxygens (including phenoxy) is 1. The first-order chi connectivity index (χ1) is 13.7. The third-order valence-corrected chi connectivity index (χ3v) is 4.69. The van der Waals surface area contributed by atoms with Gasteiger partial charge in [-0.25, -0.2) is 4.99 Å². The van der Waals surface area contributed by atoms with Crippen LogP contribution in [0.2, 0.25) is 0 Å². The van der Waals surface area contributed by atoms with E-state index in [1.807, 2.05) is 6.07 Å². The van der Waals surface area contributed by atoms with Crippen LogP contribution in [0.4, 0.5) is 5.69 Å². The molecular formula is C21H32IN5O2. The standard InChI is InChI=1S/C21H31N5O2.HI/c1-4-22-21(24-15-18-13-19(16(2)3)25-28-18)23-14-17-7-5-6-8-20(17)26-9-11-27-12-10-26;/h5-8,13,16H,4,9-12,14-15H2,1-3H3,(H2,22,23,24);1H. The largest absolute Gasteiger partial charge is 0.378 e. The van der Waals surface area contributed by atoms with Crippen molar-refractivity contribution in [2.45, 2.75) is 39.8 Å². The Bertz CT molecular complexity index is 772. The molecule has 0 aliphatic carbocycles. The maximum Gasteiger partial charge on any atom is 0.191 e. The van der Waals surface area contributed by atoms with Crippen molar-refractivity contribution >= 4 is 35.6 Å². The molecule has 1 aliphatic rings. The molecule has 1 fully saturated rings. The number of morpholine rings is 1. The van der Waals surface area contributed by atoms with Crippen molar-refractivity contribution in [1.82, 2.24) is 15.8 Å². The highest BCUT2D eigenvalue weighted by atomic mass is 127. The summed E-state index contributed by atoms with van der Waals surface area (Å²) in [5.74, 6) is 1.93. The summed E-state index contributed by atoms with van der Waals surface area (Å²) in [6, 6.07) is 10.4. The van der Waals surface area contributed by atoms with E-state index in [-0.39, 0.29) is 24.0 Å². The van der Waals surface area contributed by atoms with Gasteiger partial charge in [0.1, 0.15) is 0 Å². The van der Waals surface area contributed by atoms with Gasteiger partial charge in [-0.1, -0.05) is 37.2 Å². The maximum atomic E-state index is 5.48. The van der Waals surface area contributed by atoms with Crippen LogP contribution in [-0.2, 0) is 17.8 Å². The molecule has 0 atom stereocenters. The number of nitrogens with one attached hydrogen (secondary N) is 2. The van der Waals surface area contributed by atoms with E-state index in [4.69, 9.17) is 14.3 Å². The van der Waals surface area contributed by atoms with Crippen molar-refractivity contribution in [3.63, 3.8) is 0 Å². The van der Waals surface area contributed by atoms with Crippen LogP contribution in [0.5, 0.6) is 0 Å². The van der Waals surface area contributed by atoms with Gasteiger partial charge < -0.3 is 24.8 Å². The Labute approximate surface area is 190 Å². The minimum absolute atomic E-state index is 0. The molecule has 160 valence electrons. The van der Waals surface area contributed by atoms with Gasteiger partial charge in [0.25, 0.3) is 0 Å². The molecule has 8 heteroatoms. The molecule has 0 amide bonds. The van der Waals surface area contributed by atoms with Crippen molar-refractivity contribution in [2.24, 2.45) is 4.99 Å². The zero-order valence-electron chi connectivity index (χ0n) is 17.5. The summed E-state index contributed by atoms with van der Waals surface area (Å²) in [7, 11) is 0. The lowest BCUT2D eigenvalue weighted by Crippen LogP contribution is -2.37. The molecule has 0 unspecified atom stereocenters. The number of aromatic nitrogens is 1. The molecule has 7 nitrogen and oxygen atoms in total. The first-order valence-corrected chi connectivity index (χ1v) is 10.1. The van der Waals surface area contributed by atoms with Crippen molar-refractivity contribution in [2.75, 3.05) is 37.7 Å². The number of hydrogen-bond acceptors (Lipinski definition) is 5. The van der Waals surface area contributed by atoms with Gasteiger partial charge >= 0.3 is 0 Å². The second-order valence-electron chi connectivity index (χ2n) is 7.15. The Morgan fingerprint density at radius 1 is 1.21 bits per heavy atom. The molecular weight excluding hydrogens is 481 g/mol. The molecule has 1 saturated heterocycles. The maximum absolute atomic E-state index is 5.48. The van der Waals surface area contributed by atoms with Crippen LogP contribution in [-0.4, -0.2) is 44.0 Å². The molecule has 2 heterocycles. The predicted molar refractivity (Wildman–Crippen MR) is 127 cm³/mol. The summed E-state index contributed by atoms with van der Waals surface area (Å²) in [6.07, 6.45) is 0. The number of nitrogens with zero attached hydrogens (tertiary/aromatic N) is 3. The lowest BCUT2D eigenvalue weighted by Gasteiger charge is -2.30. The fourth-order valence-electron chi connectivity index (χ4n) is 3.12. The van der Waals surface area contributed by atoms with Gasteiger partial charge in [0.05, 0.1) is 32.0 Å². The van der Waals surface area contributed by atoms with E-state index in [1.165, 1.54) is 11.3 Å². The highest BCUT2D eigenvalue weighted by Gasteiger charge is 2.14. The number of benzene rings is 1. The van der Waals surface area contributed by atoms with E-state index in [0.717, 1.165) is 50.3 Å². The average molecular weight is 513 g/mol. The molecule has 2 N–H and O–H groups in total. The summed E-state index contributed by atoms with van der Waals surface area (Å²) in [6.45, 7) is 11.6. The van der Waals surface area contributed by atoms with Crippen LogP contribution in [0.25, 0.3) is 0 Å². The summed E-state index contributed by atoms with van der Waals surface area (Å²) < 4.78 is 10.9. The van der Waals surface area contributed by atoms with Gasteiger partial charge in [0.15, 0.2) is 11.7 Å².